The molecule has 10 heteroatoms. The van der Waals surface area contributed by atoms with E-state index >= 15 is 0 Å². The molecule has 19 aromatic carbocycles. The van der Waals surface area contributed by atoms with Crippen molar-refractivity contribution in [3.8, 4) is 33.8 Å². The van der Waals surface area contributed by atoms with Gasteiger partial charge in [0, 0.05) is 85.3 Å². The molecule has 0 saturated heterocycles. The Labute approximate surface area is 841 Å². The Bertz CT molecular complexity index is 7740. The number of para-hydroxylation sites is 9. The van der Waals surface area contributed by atoms with Crippen LogP contribution in [0.4, 0.5) is 85.3 Å². The summed E-state index contributed by atoms with van der Waals surface area (Å²) in [5, 5.41) is 0. The van der Waals surface area contributed by atoms with Crippen LogP contribution in [0.1, 0.15) is 116 Å². The number of ether oxygens (including phenoxy) is 1. The Hall–Kier alpha value is -15.8. The van der Waals surface area contributed by atoms with Gasteiger partial charge < -0.3 is 29.2 Å². The molecule has 0 radical (unpaired) electrons. The van der Waals surface area contributed by atoms with Crippen LogP contribution in [-0.2, 0) is 21.7 Å². The molecule has 0 unspecified atom stereocenters. The smallest absolute Gasteiger partial charge is 0.256 e. The lowest BCUT2D eigenvalue weighted by Crippen LogP contribution is -2.61. The number of benzene rings is 19. The molecule has 6 heterocycles. The Balaban J connectivity index is 0.000000109. The standard InChI is InChI=1S/C40H34BN.C34H29BN2.C30H30BN.C28H24BNO/c1-40(2,3)31-25-27-32(28-26-31)42-37-23-12-10-21-35(37)41(36-22-11-13-24-38(36)42)39-33(29-15-6-4-7-16-29)19-14-20-34(39)30-17-8-5-9-18-30;1-34(2,3)24-20-22-26(23-21-24)37-30-17-10-8-15-28(30)35-27-14-7-9-16-29(27)36(25-12-5-4-6-13-25)31-18-11-19-32(37)33(31)35;1-21-11-10-12-22(2)29(21)31-25-13-6-8-15-27(25)32(28-16-9-7-14-26(28)31)24-19-17-23(18-20-24)30(3,4)5;1-28(2,3)19-15-17-20(18-16-19)30-23-11-6-4-9-21(23)29-22-10-5-7-13-25(22)31-26-14-8-12-24(30)27(26)29/h4-28H,1-3H3;4-23H,1-3H3;6-20H,1-5H3;4-18H,1-3H3. The van der Waals surface area contributed by atoms with Crippen molar-refractivity contribution in [2.45, 2.75) is 119 Å². The number of hydrogen-bond donors (Lipinski definition) is 0. The van der Waals surface area contributed by atoms with Gasteiger partial charge in [0.25, 0.3) is 13.4 Å². The molecule has 688 valence electrons. The molecule has 0 N–H and O–H groups in total. The highest BCUT2D eigenvalue weighted by atomic mass is 16.5. The molecule has 0 atom stereocenters. The fraction of sp³-hybridized carbons (Fsp3) is 0.136. The van der Waals surface area contributed by atoms with Crippen LogP contribution in [0.5, 0.6) is 11.5 Å². The summed E-state index contributed by atoms with van der Waals surface area (Å²) in [5.41, 5.74) is 48.0. The highest BCUT2D eigenvalue weighted by Gasteiger charge is 2.46. The summed E-state index contributed by atoms with van der Waals surface area (Å²) in [7, 11) is 0. The lowest BCUT2D eigenvalue weighted by molar-refractivity contribution is 0.487. The van der Waals surface area contributed by atoms with Crippen LogP contribution in [0.15, 0.2) is 455 Å². The maximum absolute atomic E-state index is 6.36. The number of hydrogen-bond acceptors (Lipinski definition) is 6. The Morgan fingerprint density at radius 3 is 0.711 bits per heavy atom. The minimum absolute atomic E-state index is 0.0640. The monoisotopic (exact) mass is 1830 g/mol. The van der Waals surface area contributed by atoms with Crippen molar-refractivity contribution in [2.75, 3.05) is 24.5 Å². The zero-order valence-electron chi connectivity index (χ0n) is 83.8. The van der Waals surface area contributed by atoms with Gasteiger partial charge in [-0.2, -0.15) is 0 Å². The number of aryl methyl sites for hydroxylation is 2. The second-order valence-electron chi connectivity index (χ2n) is 42.7. The molecule has 6 aliphatic heterocycles. The van der Waals surface area contributed by atoms with Gasteiger partial charge in [-0.15, -0.1) is 0 Å². The maximum atomic E-state index is 6.36. The second kappa shape index (κ2) is 37.1. The summed E-state index contributed by atoms with van der Waals surface area (Å²) in [6.45, 7) is 32.3. The third kappa shape index (κ3) is 16.7. The average Bonchev–Trinajstić information content (AvgIpc) is 0.692. The summed E-state index contributed by atoms with van der Waals surface area (Å²) in [6.07, 6.45) is 0. The van der Waals surface area contributed by atoms with Crippen LogP contribution in [0.2, 0.25) is 0 Å². The molecule has 0 bridgehead atoms. The maximum Gasteiger partial charge on any atom is 0.256 e. The average molecular weight is 1830 g/mol. The molecule has 0 saturated carbocycles. The minimum Gasteiger partial charge on any atom is -0.458 e. The quantitative estimate of drug-likeness (QED) is 0.134. The van der Waals surface area contributed by atoms with E-state index < -0.39 is 0 Å². The fourth-order valence-corrected chi connectivity index (χ4v) is 22.7. The second-order valence-corrected chi connectivity index (χ2v) is 42.7. The first-order valence-corrected chi connectivity index (χ1v) is 50.3. The largest absolute Gasteiger partial charge is 0.458 e. The summed E-state index contributed by atoms with van der Waals surface area (Å²) in [4.78, 5) is 12.1. The van der Waals surface area contributed by atoms with E-state index in [0.717, 1.165) is 11.5 Å². The molecule has 25 rings (SSSR count). The number of rotatable bonds is 9. The zero-order valence-corrected chi connectivity index (χ0v) is 83.8. The van der Waals surface area contributed by atoms with Crippen LogP contribution in [0.25, 0.3) is 22.3 Å². The van der Waals surface area contributed by atoms with E-state index in [1.54, 1.807) is 0 Å². The predicted molar refractivity (Wildman–Crippen MR) is 612 cm³/mol. The zero-order chi connectivity index (χ0) is 97.5. The summed E-state index contributed by atoms with van der Waals surface area (Å²) < 4.78 is 6.36. The van der Waals surface area contributed by atoms with Crippen molar-refractivity contribution in [2.24, 2.45) is 0 Å². The van der Waals surface area contributed by atoms with Crippen molar-refractivity contribution in [1.82, 2.24) is 0 Å². The van der Waals surface area contributed by atoms with E-state index in [2.05, 4.69) is 570 Å². The van der Waals surface area contributed by atoms with Crippen LogP contribution in [0.3, 0.4) is 0 Å². The van der Waals surface area contributed by atoms with Crippen molar-refractivity contribution < 1.29 is 4.74 Å². The molecule has 142 heavy (non-hydrogen) atoms. The van der Waals surface area contributed by atoms with Crippen LogP contribution in [-0.4, -0.2) is 26.9 Å². The molecule has 0 fully saturated rings. The molecular weight excluding hydrogens is 1710 g/mol. The third-order valence-electron chi connectivity index (χ3n) is 29.6. The van der Waals surface area contributed by atoms with Crippen molar-refractivity contribution in [3.63, 3.8) is 0 Å². The Morgan fingerprint density at radius 2 is 0.387 bits per heavy atom. The lowest BCUT2D eigenvalue weighted by atomic mass is 9.33. The van der Waals surface area contributed by atoms with Gasteiger partial charge >= 0.3 is 0 Å². The molecule has 0 amide bonds. The van der Waals surface area contributed by atoms with Crippen molar-refractivity contribution in [3.05, 3.63) is 488 Å². The van der Waals surface area contributed by atoms with Crippen molar-refractivity contribution >= 4 is 178 Å². The van der Waals surface area contributed by atoms with E-state index in [0.29, 0.717) is 0 Å². The SMILES string of the molecule is CC(C)(C)c1ccc(N2c3ccccc3B(c3c(-c4ccccc4)cccc3-c3ccccc3)c3ccccc32)cc1.CC(C)(C)c1ccc(N2c3ccccc3B3c4ccccc4N(c4ccccc4)c4cccc2c43)cc1.CC(C)(C)c1ccc(N2c3ccccc3B3c4ccccc4Oc4cccc2c43)cc1.Cc1cccc(C)c1B1c2ccccc2N(c2ccc(C(C)(C)C)cc2)c2ccccc21. The van der Waals surface area contributed by atoms with Crippen LogP contribution >= 0.6 is 0 Å². The predicted octanol–water partition coefficient (Wildman–Crippen LogP) is 27.0. The summed E-state index contributed by atoms with van der Waals surface area (Å²) >= 11 is 0. The topological polar surface area (TPSA) is 25.4 Å². The van der Waals surface area contributed by atoms with Gasteiger partial charge in [0.05, 0.1) is 0 Å². The number of anilines is 15. The van der Waals surface area contributed by atoms with Gasteiger partial charge in [0.1, 0.15) is 11.5 Å². The van der Waals surface area contributed by atoms with E-state index in [9.17, 15) is 0 Å². The molecular formula is C132H117B4N5O. The number of nitrogens with zero attached hydrogens (tertiary/aromatic N) is 5. The summed E-state index contributed by atoms with van der Waals surface area (Å²) in [6, 6.07) is 166. The van der Waals surface area contributed by atoms with Gasteiger partial charge in [-0.1, -0.05) is 427 Å². The molecule has 6 aliphatic rings. The Kier molecular flexibility index (Phi) is 23.9. The van der Waals surface area contributed by atoms with Crippen LogP contribution < -0.4 is 94.8 Å². The molecule has 0 spiro atoms. The summed E-state index contributed by atoms with van der Waals surface area (Å²) in [5.74, 6) is 1.90. The van der Waals surface area contributed by atoms with E-state index in [4.69, 9.17) is 4.74 Å². The van der Waals surface area contributed by atoms with Crippen LogP contribution in [0, 0.1) is 13.8 Å². The lowest BCUT2D eigenvalue weighted by Gasteiger charge is -2.44. The van der Waals surface area contributed by atoms with Gasteiger partial charge in [-0.3, -0.25) is 0 Å². The highest BCUT2D eigenvalue weighted by Crippen LogP contribution is 2.48. The molecule has 0 aromatic heterocycles. The first-order chi connectivity index (χ1) is 68.9. The first kappa shape index (κ1) is 91.3. The minimum atomic E-state index is 0.0640. The third-order valence-corrected chi connectivity index (χ3v) is 29.6. The van der Waals surface area contributed by atoms with Gasteiger partial charge in [0.2, 0.25) is 13.4 Å². The van der Waals surface area contributed by atoms with Gasteiger partial charge in [0.15, 0.2) is 0 Å². The van der Waals surface area contributed by atoms with E-state index in [1.165, 1.54) is 206 Å². The normalized spacial score (nSPS) is 13.2. The van der Waals surface area contributed by atoms with E-state index in [1.807, 2.05) is 6.07 Å². The van der Waals surface area contributed by atoms with Gasteiger partial charge in [-0.05, 0) is 268 Å². The first-order valence-electron chi connectivity index (χ1n) is 50.3. The van der Waals surface area contributed by atoms with Gasteiger partial charge in [-0.25, -0.2) is 0 Å². The van der Waals surface area contributed by atoms with E-state index in [-0.39, 0.29) is 48.5 Å². The van der Waals surface area contributed by atoms with Crippen molar-refractivity contribution in [1.29, 1.82) is 0 Å². The Morgan fingerprint density at radius 1 is 0.169 bits per heavy atom. The molecule has 6 nitrogen and oxygen atoms in total. The highest BCUT2D eigenvalue weighted by molar-refractivity contribution is 7.02. The number of fused-ring (bicyclic) bond motifs is 12. The molecule has 0 aliphatic carbocycles. The fourth-order valence-electron chi connectivity index (χ4n) is 22.7. The molecule has 19 aromatic rings.